The van der Waals surface area contributed by atoms with Crippen molar-refractivity contribution in [3.8, 4) is 0 Å². The van der Waals surface area contributed by atoms with Gasteiger partial charge >= 0.3 is 0 Å². The van der Waals surface area contributed by atoms with Crippen LogP contribution in [0.4, 0.5) is 23.4 Å². The second kappa shape index (κ2) is 11.3. The van der Waals surface area contributed by atoms with E-state index in [2.05, 4.69) is 41.1 Å². The van der Waals surface area contributed by atoms with E-state index < -0.39 is 0 Å². The third-order valence-corrected chi connectivity index (χ3v) is 6.49. The number of pyridine rings is 1. The van der Waals surface area contributed by atoms with Crippen LogP contribution in [0.2, 0.25) is 5.02 Å². The third-order valence-electron chi connectivity index (χ3n) is 6.25. The number of anilines is 4. The molecule has 0 amide bonds. The van der Waals surface area contributed by atoms with Crippen LogP contribution in [-0.4, -0.2) is 51.9 Å². The molecule has 0 aliphatic carbocycles. The van der Waals surface area contributed by atoms with E-state index in [0.717, 1.165) is 42.5 Å². The lowest BCUT2D eigenvalue weighted by Gasteiger charge is -2.36. The molecule has 1 fully saturated rings. The molecule has 0 atom stereocenters. The number of rotatable bonds is 8. The molecule has 2 aromatic carbocycles. The van der Waals surface area contributed by atoms with Crippen LogP contribution in [0.1, 0.15) is 28.7 Å². The van der Waals surface area contributed by atoms with E-state index >= 15 is 0 Å². The fraction of sp³-hybridized carbons (Fsp3) is 0.250. The zero-order chi connectivity index (χ0) is 25.6. The maximum atomic E-state index is 12.8. The molecule has 5 rings (SSSR count). The van der Waals surface area contributed by atoms with E-state index in [1.807, 2.05) is 55.5 Å². The molecular weight excluding hydrogens is 486 g/mol. The van der Waals surface area contributed by atoms with Crippen molar-refractivity contribution in [2.45, 2.75) is 19.8 Å². The van der Waals surface area contributed by atoms with Crippen LogP contribution in [-0.2, 0) is 12.8 Å². The van der Waals surface area contributed by atoms with E-state index in [0.29, 0.717) is 41.9 Å². The van der Waals surface area contributed by atoms with E-state index in [9.17, 15) is 4.79 Å². The largest absolute Gasteiger partial charge is 0.368 e. The first-order chi connectivity index (χ1) is 18.1. The maximum absolute atomic E-state index is 12.8. The molecule has 188 valence electrons. The Hall–Kier alpha value is -4.04. The highest BCUT2D eigenvalue weighted by Gasteiger charge is 2.21. The normalized spacial score (nSPS) is 13.5. The van der Waals surface area contributed by atoms with Crippen LogP contribution in [0, 0.1) is 0 Å². The summed E-state index contributed by atoms with van der Waals surface area (Å²) < 4.78 is 0. The number of aryl methyl sites for hydroxylation is 1. The number of carbonyl (C=O) groups excluding carboxylic acids is 1. The lowest BCUT2D eigenvalue weighted by molar-refractivity contribution is 0.0993. The fourth-order valence-electron chi connectivity index (χ4n) is 4.27. The number of benzene rings is 2. The third kappa shape index (κ3) is 6.21. The average Bonchev–Trinajstić information content (AvgIpc) is 2.93. The maximum Gasteiger partial charge on any atom is 0.233 e. The Kier molecular flexibility index (Phi) is 7.56. The van der Waals surface area contributed by atoms with Gasteiger partial charge in [-0.05, 0) is 35.9 Å². The summed E-state index contributed by atoms with van der Waals surface area (Å²) in [5, 5.41) is 3.92. The van der Waals surface area contributed by atoms with Gasteiger partial charge in [-0.3, -0.25) is 4.79 Å². The monoisotopic (exact) mass is 513 g/mol. The molecule has 4 aromatic rings. The van der Waals surface area contributed by atoms with Gasteiger partial charge in [0.25, 0.3) is 0 Å². The standard InChI is InChI=1S/C28H28ClN7O/c1-2-25-31-27(32-26-18-21(11-12-30-26)24(37)17-20-7-4-3-5-8-20)34-28(33-25)36-15-13-35(14-16-36)23-10-6-9-22(29)19-23/h3-12,18-19H,2,13-17H2,1H3,(H,30,31,32,33,34). The smallest absolute Gasteiger partial charge is 0.233 e. The van der Waals surface area contributed by atoms with Crippen molar-refractivity contribution in [3.63, 3.8) is 0 Å². The Balaban J connectivity index is 1.29. The lowest BCUT2D eigenvalue weighted by atomic mass is 10.0. The van der Waals surface area contributed by atoms with Gasteiger partial charge in [0.15, 0.2) is 5.78 Å². The molecule has 9 heteroatoms. The second-order valence-electron chi connectivity index (χ2n) is 8.82. The van der Waals surface area contributed by atoms with Crippen molar-refractivity contribution in [2.24, 2.45) is 0 Å². The minimum Gasteiger partial charge on any atom is -0.368 e. The van der Waals surface area contributed by atoms with Crippen LogP contribution in [0.5, 0.6) is 0 Å². The van der Waals surface area contributed by atoms with E-state index in [-0.39, 0.29) is 5.78 Å². The molecule has 37 heavy (non-hydrogen) atoms. The predicted octanol–water partition coefficient (Wildman–Crippen LogP) is 4.98. The lowest BCUT2D eigenvalue weighted by Crippen LogP contribution is -2.47. The van der Waals surface area contributed by atoms with Gasteiger partial charge in [0, 0.05) is 61.5 Å². The predicted molar refractivity (Wildman–Crippen MR) is 147 cm³/mol. The number of Topliss-reactive ketones (excluding diaryl/α,β-unsaturated/α-hetero) is 1. The number of carbonyl (C=O) groups is 1. The number of hydrogen-bond donors (Lipinski definition) is 1. The van der Waals surface area contributed by atoms with Crippen LogP contribution >= 0.6 is 11.6 Å². The summed E-state index contributed by atoms with van der Waals surface area (Å²) in [4.78, 5) is 35.6. The molecule has 0 spiro atoms. The van der Waals surface area contributed by atoms with Gasteiger partial charge in [-0.15, -0.1) is 0 Å². The number of nitrogens with one attached hydrogen (secondary N) is 1. The summed E-state index contributed by atoms with van der Waals surface area (Å²) in [5.41, 5.74) is 2.68. The number of piperazine rings is 1. The first-order valence-corrected chi connectivity index (χ1v) is 12.8. The van der Waals surface area contributed by atoms with E-state index in [1.54, 1.807) is 18.3 Å². The number of halogens is 1. The molecule has 0 saturated carbocycles. The van der Waals surface area contributed by atoms with Gasteiger partial charge < -0.3 is 15.1 Å². The van der Waals surface area contributed by atoms with Crippen molar-refractivity contribution in [2.75, 3.05) is 41.3 Å². The Morgan fingerprint density at radius 3 is 2.46 bits per heavy atom. The van der Waals surface area contributed by atoms with Crippen LogP contribution in [0.15, 0.2) is 72.9 Å². The Labute approximate surface area is 221 Å². The highest BCUT2D eigenvalue weighted by Crippen LogP contribution is 2.23. The van der Waals surface area contributed by atoms with Crippen molar-refractivity contribution in [3.05, 3.63) is 94.9 Å². The number of aromatic nitrogens is 4. The topological polar surface area (TPSA) is 87.1 Å². The van der Waals surface area contributed by atoms with Crippen molar-refractivity contribution in [1.82, 2.24) is 19.9 Å². The van der Waals surface area contributed by atoms with Crippen LogP contribution in [0.3, 0.4) is 0 Å². The van der Waals surface area contributed by atoms with Gasteiger partial charge in [0.1, 0.15) is 11.6 Å². The molecule has 0 unspecified atom stereocenters. The van der Waals surface area contributed by atoms with Gasteiger partial charge in [-0.2, -0.15) is 15.0 Å². The van der Waals surface area contributed by atoms with Crippen molar-refractivity contribution in [1.29, 1.82) is 0 Å². The molecule has 8 nitrogen and oxygen atoms in total. The van der Waals surface area contributed by atoms with E-state index in [4.69, 9.17) is 11.6 Å². The summed E-state index contributed by atoms with van der Waals surface area (Å²) in [6, 6.07) is 21.1. The van der Waals surface area contributed by atoms with Gasteiger partial charge in [0.05, 0.1) is 0 Å². The van der Waals surface area contributed by atoms with Crippen molar-refractivity contribution >= 4 is 40.8 Å². The van der Waals surface area contributed by atoms with E-state index in [1.165, 1.54) is 0 Å². The highest BCUT2D eigenvalue weighted by atomic mass is 35.5. The van der Waals surface area contributed by atoms with Crippen LogP contribution < -0.4 is 15.1 Å². The molecule has 1 saturated heterocycles. The quantitative estimate of drug-likeness (QED) is 0.330. The molecule has 1 aliphatic heterocycles. The van der Waals surface area contributed by atoms with Gasteiger partial charge in [0.2, 0.25) is 11.9 Å². The molecule has 0 radical (unpaired) electrons. The summed E-state index contributed by atoms with van der Waals surface area (Å²) in [7, 11) is 0. The molecule has 1 N–H and O–H groups in total. The number of hydrogen-bond acceptors (Lipinski definition) is 8. The first kappa shape index (κ1) is 24.6. The highest BCUT2D eigenvalue weighted by molar-refractivity contribution is 6.30. The summed E-state index contributed by atoms with van der Waals surface area (Å²) >= 11 is 6.17. The Morgan fingerprint density at radius 2 is 1.70 bits per heavy atom. The zero-order valence-corrected chi connectivity index (χ0v) is 21.4. The summed E-state index contributed by atoms with van der Waals surface area (Å²) in [5.74, 6) is 2.29. The molecule has 3 heterocycles. The zero-order valence-electron chi connectivity index (χ0n) is 20.6. The molecule has 0 bridgehead atoms. The van der Waals surface area contributed by atoms with Crippen LogP contribution in [0.25, 0.3) is 0 Å². The Bertz CT molecular complexity index is 1370. The molecular formula is C28H28ClN7O. The van der Waals surface area contributed by atoms with Gasteiger partial charge in [-0.1, -0.05) is 54.9 Å². The first-order valence-electron chi connectivity index (χ1n) is 12.4. The minimum atomic E-state index is 0.0276. The average molecular weight is 514 g/mol. The van der Waals surface area contributed by atoms with Gasteiger partial charge in [-0.25, -0.2) is 4.98 Å². The SMILES string of the molecule is CCc1nc(Nc2cc(C(=O)Cc3ccccc3)ccn2)nc(N2CCN(c3cccc(Cl)c3)CC2)n1. The molecule has 1 aliphatic rings. The minimum absolute atomic E-state index is 0.0276. The molecule has 2 aromatic heterocycles. The number of nitrogens with zero attached hydrogens (tertiary/aromatic N) is 6. The Morgan fingerprint density at radius 1 is 0.919 bits per heavy atom. The fourth-order valence-corrected chi connectivity index (χ4v) is 4.46. The number of ketones is 1. The summed E-state index contributed by atoms with van der Waals surface area (Å²) in [6.45, 7) is 5.25. The van der Waals surface area contributed by atoms with Crippen molar-refractivity contribution < 1.29 is 4.79 Å². The second-order valence-corrected chi connectivity index (χ2v) is 9.26. The summed E-state index contributed by atoms with van der Waals surface area (Å²) in [6.07, 6.45) is 2.63.